The number of benzene rings is 1. The van der Waals surface area contributed by atoms with E-state index in [0.29, 0.717) is 12.5 Å². The second-order valence-corrected chi connectivity index (χ2v) is 5.07. The lowest BCUT2D eigenvalue weighted by Crippen LogP contribution is -2.33. The average Bonchev–Trinajstić information content (AvgIpc) is 2.41. The molecule has 0 bridgehead atoms. The second kappa shape index (κ2) is 6.26. The molecule has 1 N–H and O–H groups in total. The Morgan fingerprint density at radius 1 is 1.20 bits per heavy atom. The molecule has 20 heavy (non-hydrogen) atoms. The van der Waals surface area contributed by atoms with E-state index in [1.807, 2.05) is 0 Å². The Labute approximate surface area is 115 Å². The van der Waals surface area contributed by atoms with Crippen molar-refractivity contribution >= 4 is 6.21 Å². The number of rotatable bonds is 3. The van der Waals surface area contributed by atoms with Crippen LogP contribution in [0.5, 0.6) is 0 Å². The molecule has 1 heterocycles. The van der Waals surface area contributed by atoms with E-state index < -0.39 is 11.7 Å². The number of oxime groups is 1. The minimum atomic E-state index is -4.28. The third kappa shape index (κ3) is 3.96. The maximum absolute atomic E-state index is 12.5. The molecular weight excluding hydrogens is 269 g/mol. The summed E-state index contributed by atoms with van der Waals surface area (Å²) in [5, 5.41) is 11.5. The summed E-state index contributed by atoms with van der Waals surface area (Å²) in [7, 11) is 0. The SMILES string of the molecule is ON=CC1CCN(Cc2ccc(C(F)(F)F)cc2)CC1. The van der Waals surface area contributed by atoms with Gasteiger partial charge < -0.3 is 5.21 Å². The summed E-state index contributed by atoms with van der Waals surface area (Å²) >= 11 is 0. The van der Waals surface area contributed by atoms with E-state index in [0.717, 1.165) is 43.6 Å². The van der Waals surface area contributed by atoms with Crippen molar-refractivity contribution in [2.75, 3.05) is 13.1 Å². The van der Waals surface area contributed by atoms with E-state index in [1.165, 1.54) is 12.1 Å². The zero-order chi connectivity index (χ0) is 14.6. The van der Waals surface area contributed by atoms with Crippen LogP contribution in [0.3, 0.4) is 0 Å². The minimum Gasteiger partial charge on any atom is -0.411 e. The molecule has 6 heteroatoms. The Morgan fingerprint density at radius 2 is 1.80 bits per heavy atom. The lowest BCUT2D eigenvalue weighted by atomic mass is 9.98. The smallest absolute Gasteiger partial charge is 0.411 e. The van der Waals surface area contributed by atoms with Crippen molar-refractivity contribution in [2.45, 2.75) is 25.6 Å². The van der Waals surface area contributed by atoms with Crippen LogP contribution in [0.2, 0.25) is 0 Å². The Hall–Kier alpha value is -1.56. The monoisotopic (exact) mass is 286 g/mol. The molecule has 3 nitrogen and oxygen atoms in total. The quantitative estimate of drug-likeness (QED) is 0.525. The number of likely N-dealkylation sites (tertiary alicyclic amines) is 1. The highest BCUT2D eigenvalue weighted by Crippen LogP contribution is 2.29. The topological polar surface area (TPSA) is 35.8 Å². The largest absolute Gasteiger partial charge is 0.416 e. The molecule has 2 rings (SSSR count). The summed E-state index contributed by atoms with van der Waals surface area (Å²) < 4.78 is 37.4. The summed E-state index contributed by atoms with van der Waals surface area (Å²) in [6.45, 7) is 2.37. The van der Waals surface area contributed by atoms with E-state index in [9.17, 15) is 13.2 Å². The molecule has 0 radical (unpaired) electrons. The van der Waals surface area contributed by atoms with Crippen molar-refractivity contribution in [1.29, 1.82) is 0 Å². The first kappa shape index (κ1) is 14.8. The Balaban J connectivity index is 1.88. The Kier molecular flexibility index (Phi) is 4.65. The van der Waals surface area contributed by atoms with Crippen molar-refractivity contribution in [2.24, 2.45) is 11.1 Å². The van der Waals surface area contributed by atoms with Crippen LogP contribution in [-0.2, 0) is 12.7 Å². The standard InChI is InChI=1S/C14H17F3N2O/c15-14(16,17)13-3-1-12(2-4-13)10-19-7-5-11(6-8-19)9-18-20/h1-4,9,11,20H,5-8,10H2. The van der Waals surface area contributed by atoms with Crippen molar-refractivity contribution in [3.05, 3.63) is 35.4 Å². The first-order chi connectivity index (χ1) is 9.49. The van der Waals surface area contributed by atoms with Gasteiger partial charge in [0.05, 0.1) is 5.56 Å². The first-order valence-corrected chi connectivity index (χ1v) is 6.55. The molecule has 1 saturated heterocycles. The van der Waals surface area contributed by atoms with Crippen LogP contribution >= 0.6 is 0 Å². The molecule has 0 aliphatic carbocycles. The van der Waals surface area contributed by atoms with Gasteiger partial charge in [0.2, 0.25) is 0 Å². The fourth-order valence-electron chi connectivity index (χ4n) is 2.41. The molecule has 1 fully saturated rings. The number of hydrogen-bond acceptors (Lipinski definition) is 3. The van der Waals surface area contributed by atoms with Crippen LogP contribution in [0.25, 0.3) is 0 Å². The van der Waals surface area contributed by atoms with Crippen molar-refractivity contribution in [1.82, 2.24) is 4.90 Å². The number of halogens is 3. The lowest BCUT2D eigenvalue weighted by molar-refractivity contribution is -0.137. The highest BCUT2D eigenvalue weighted by atomic mass is 19.4. The predicted octanol–water partition coefficient (Wildman–Crippen LogP) is 3.38. The van der Waals surface area contributed by atoms with Gasteiger partial charge in [0.15, 0.2) is 0 Å². The second-order valence-electron chi connectivity index (χ2n) is 5.07. The summed E-state index contributed by atoms with van der Waals surface area (Å²) in [5.74, 6) is 0.295. The zero-order valence-corrected chi connectivity index (χ0v) is 11.0. The average molecular weight is 286 g/mol. The summed E-state index contributed by atoms with van der Waals surface area (Å²) in [5.41, 5.74) is 0.270. The van der Waals surface area contributed by atoms with Gasteiger partial charge in [-0.1, -0.05) is 12.1 Å². The molecular formula is C14H17F3N2O. The number of nitrogens with zero attached hydrogens (tertiary/aromatic N) is 2. The van der Waals surface area contributed by atoms with Gasteiger partial charge in [0.25, 0.3) is 0 Å². The van der Waals surface area contributed by atoms with E-state index in [1.54, 1.807) is 6.21 Å². The zero-order valence-electron chi connectivity index (χ0n) is 11.0. The molecule has 0 spiro atoms. The van der Waals surface area contributed by atoms with Crippen LogP contribution in [0.4, 0.5) is 13.2 Å². The molecule has 0 amide bonds. The molecule has 110 valence electrons. The highest BCUT2D eigenvalue weighted by molar-refractivity contribution is 5.59. The number of hydrogen-bond donors (Lipinski definition) is 1. The normalized spacial score (nSPS) is 18.8. The van der Waals surface area contributed by atoms with Crippen LogP contribution in [0.15, 0.2) is 29.4 Å². The summed E-state index contributed by atoms with van der Waals surface area (Å²) in [6.07, 6.45) is -0.911. The number of piperidine rings is 1. The minimum absolute atomic E-state index is 0.295. The maximum Gasteiger partial charge on any atom is 0.416 e. The Morgan fingerprint density at radius 3 is 2.30 bits per heavy atom. The lowest BCUT2D eigenvalue weighted by Gasteiger charge is -2.30. The van der Waals surface area contributed by atoms with Gasteiger partial charge in [0, 0.05) is 12.8 Å². The molecule has 0 aromatic heterocycles. The Bertz CT molecular complexity index is 448. The van der Waals surface area contributed by atoms with E-state index >= 15 is 0 Å². The van der Waals surface area contributed by atoms with Gasteiger partial charge in [-0.25, -0.2) is 0 Å². The molecule has 0 atom stereocenters. The van der Waals surface area contributed by atoms with Crippen molar-refractivity contribution < 1.29 is 18.4 Å². The molecule has 0 unspecified atom stereocenters. The van der Waals surface area contributed by atoms with Crippen molar-refractivity contribution in [3.8, 4) is 0 Å². The van der Waals surface area contributed by atoms with Gasteiger partial charge in [-0.2, -0.15) is 13.2 Å². The molecule has 1 aliphatic rings. The highest BCUT2D eigenvalue weighted by Gasteiger charge is 2.30. The number of alkyl halides is 3. The van der Waals surface area contributed by atoms with Gasteiger partial charge in [-0.15, -0.1) is 5.16 Å². The maximum atomic E-state index is 12.5. The van der Waals surface area contributed by atoms with Crippen LogP contribution in [0, 0.1) is 5.92 Å². The van der Waals surface area contributed by atoms with Gasteiger partial charge in [-0.3, -0.25) is 4.90 Å². The molecule has 1 aromatic rings. The molecule has 1 aromatic carbocycles. The van der Waals surface area contributed by atoms with Gasteiger partial charge in [-0.05, 0) is 49.5 Å². The van der Waals surface area contributed by atoms with E-state index in [-0.39, 0.29) is 0 Å². The van der Waals surface area contributed by atoms with Gasteiger partial charge >= 0.3 is 6.18 Å². The van der Waals surface area contributed by atoms with Crippen LogP contribution in [0.1, 0.15) is 24.0 Å². The molecule has 0 saturated carbocycles. The third-order valence-corrected chi connectivity index (χ3v) is 3.60. The summed E-state index contributed by atoms with van der Waals surface area (Å²) in [4.78, 5) is 2.20. The van der Waals surface area contributed by atoms with E-state index in [4.69, 9.17) is 5.21 Å². The fraction of sp³-hybridized carbons (Fsp3) is 0.500. The predicted molar refractivity (Wildman–Crippen MR) is 69.7 cm³/mol. The van der Waals surface area contributed by atoms with Crippen LogP contribution in [-0.4, -0.2) is 29.4 Å². The van der Waals surface area contributed by atoms with Gasteiger partial charge in [0.1, 0.15) is 0 Å². The molecule has 1 aliphatic heterocycles. The van der Waals surface area contributed by atoms with E-state index in [2.05, 4.69) is 10.1 Å². The van der Waals surface area contributed by atoms with Crippen LogP contribution < -0.4 is 0 Å². The third-order valence-electron chi connectivity index (χ3n) is 3.60. The first-order valence-electron chi connectivity index (χ1n) is 6.55. The fourth-order valence-corrected chi connectivity index (χ4v) is 2.41. The summed E-state index contributed by atoms with van der Waals surface area (Å²) in [6, 6.07) is 5.31. The van der Waals surface area contributed by atoms with Crippen molar-refractivity contribution in [3.63, 3.8) is 0 Å².